The monoisotopic (exact) mass is 255 g/mol. The first-order chi connectivity index (χ1) is 9.19. The number of rotatable bonds is 3. The van der Waals surface area contributed by atoms with E-state index in [2.05, 4.69) is 21.9 Å². The summed E-state index contributed by atoms with van der Waals surface area (Å²) >= 11 is 0. The molecule has 0 unspecified atom stereocenters. The summed E-state index contributed by atoms with van der Waals surface area (Å²) in [6.07, 6.45) is 0.513. The van der Waals surface area contributed by atoms with Crippen molar-refractivity contribution in [2.24, 2.45) is 0 Å². The van der Waals surface area contributed by atoms with Gasteiger partial charge in [-0.3, -0.25) is 0 Å². The van der Waals surface area contributed by atoms with E-state index in [4.69, 9.17) is 5.11 Å². The highest BCUT2D eigenvalue weighted by Crippen LogP contribution is 2.07. The second kappa shape index (κ2) is 6.17. The van der Waals surface area contributed by atoms with E-state index >= 15 is 0 Å². The highest BCUT2D eigenvalue weighted by Gasteiger charge is 2.02. The Balaban J connectivity index is 2.07. The van der Waals surface area contributed by atoms with E-state index in [9.17, 15) is 0 Å². The van der Waals surface area contributed by atoms with E-state index in [1.807, 2.05) is 42.8 Å². The maximum absolute atomic E-state index is 8.66. The van der Waals surface area contributed by atoms with Gasteiger partial charge in [0.1, 0.15) is 11.6 Å². The standard InChI is InChI=1S/C15H17N3O/c1-12-16-13(2)18(17-12)11-15-8-6-14(7-9-15)5-3-4-10-19/h6-9,19H,4,10-11H2,1-2H3. The quantitative estimate of drug-likeness (QED) is 0.849. The minimum atomic E-state index is 0.107. The maximum Gasteiger partial charge on any atom is 0.147 e. The second-order valence-electron chi connectivity index (χ2n) is 4.34. The summed E-state index contributed by atoms with van der Waals surface area (Å²) < 4.78 is 1.89. The Bertz CT molecular complexity index is 603. The van der Waals surface area contributed by atoms with Crippen molar-refractivity contribution < 1.29 is 5.11 Å². The Hall–Kier alpha value is -2.12. The van der Waals surface area contributed by atoms with E-state index in [0.717, 1.165) is 23.8 Å². The third kappa shape index (κ3) is 3.67. The van der Waals surface area contributed by atoms with Gasteiger partial charge in [0, 0.05) is 12.0 Å². The van der Waals surface area contributed by atoms with Crippen LogP contribution in [0.3, 0.4) is 0 Å². The Morgan fingerprint density at radius 3 is 2.53 bits per heavy atom. The van der Waals surface area contributed by atoms with Gasteiger partial charge in [-0.2, -0.15) is 5.10 Å². The molecular weight excluding hydrogens is 238 g/mol. The van der Waals surface area contributed by atoms with E-state index in [1.54, 1.807) is 0 Å². The number of hydrogen-bond donors (Lipinski definition) is 1. The largest absolute Gasteiger partial charge is 0.395 e. The van der Waals surface area contributed by atoms with Gasteiger partial charge < -0.3 is 5.11 Å². The summed E-state index contributed by atoms with van der Waals surface area (Å²) in [7, 11) is 0. The average molecular weight is 255 g/mol. The molecule has 98 valence electrons. The van der Waals surface area contributed by atoms with Gasteiger partial charge in [-0.1, -0.05) is 24.0 Å². The van der Waals surface area contributed by atoms with Crippen LogP contribution in [0.1, 0.15) is 29.2 Å². The summed E-state index contributed by atoms with van der Waals surface area (Å²) in [5, 5.41) is 13.0. The van der Waals surface area contributed by atoms with Crippen LogP contribution >= 0.6 is 0 Å². The molecule has 0 amide bonds. The van der Waals surface area contributed by atoms with Gasteiger partial charge in [-0.15, -0.1) is 0 Å². The number of benzene rings is 1. The lowest BCUT2D eigenvalue weighted by Crippen LogP contribution is -2.04. The van der Waals surface area contributed by atoms with Gasteiger partial charge in [0.25, 0.3) is 0 Å². The lowest BCUT2D eigenvalue weighted by Gasteiger charge is -2.03. The fourth-order valence-corrected chi connectivity index (χ4v) is 1.80. The highest BCUT2D eigenvalue weighted by atomic mass is 16.2. The first kappa shape index (κ1) is 13.3. The molecule has 0 aliphatic heterocycles. The second-order valence-corrected chi connectivity index (χ2v) is 4.34. The van der Waals surface area contributed by atoms with Crippen LogP contribution in [-0.2, 0) is 6.54 Å². The molecule has 2 aromatic rings. The number of hydrogen-bond acceptors (Lipinski definition) is 3. The molecule has 1 heterocycles. The molecular formula is C15H17N3O. The Labute approximate surface area is 113 Å². The molecule has 1 N–H and O–H groups in total. The number of aliphatic hydroxyl groups is 1. The van der Waals surface area contributed by atoms with Crippen LogP contribution in [0.5, 0.6) is 0 Å². The summed E-state index contributed by atoms with van der Waals surface area (Å²) in [5.74, 6) is 7.63. The van der Waals surface area contributed by atoms with Crippen molar-refractivity contribution in [1.82, 2.24) is 14.8 Å². The summed E-state index contributed by atoms with van der Waals surface area (Å²) in [6.45, 7) is 4.67. The molecule has 0 radical (unpaired) electrons. The lowest BCUT2D eigenvalue weighted by atomic mass is 10.1. The fourth-order valence-electron chi connectivity index (χ4n) is 1.80. The number of aliphatic hydroxyl groups excluding tert-OH is 1. The van der Waals surface area contributed by atoms with E-state index in [0.29, 0.717) is 6.42 Å². The van der Waals surface area contributed by atoms with Crippen LogP contribution in [0.2, 0.25) is 0 Å². The molecule has 0 bridgehead atoms. The van der Waals surface area contributed by atoms with Crippen molar-refractivity contribution in [2.45, 2.75) is 26.8 Å². The summed E-state index contributed by atoms with van der Waals surface area (Å²) in [6, 6.07) is 8.05. The molecule has 0 saturated carbocycles. The van der Waals surface area contributed by atoms with Crippen molar-refractivity contribution in [3.05, 3.63) is 47.0 Å². The predicted molar refractivity (Wildman–Crippen MR) is 73.6 cm³/mol. The van der Waals surface area contributed by atoms with Crippen LogP contribution in [0.15, 0.2) is 24.3 Å². The van der Waals surface area contributed by atoms with Gasteiger partial charge in [0.2, 0.25) is 0 Å². The van der Waals surface area contributed by atoms with E-state index < -0.39 is 0 Å². The minimum absolute atomic E-state index is 0.107. The molecule has 0 spiro atoms. The van der Waals surface area contributed by atoms with Gasteiger partial charge >= 0.3 is 0 Å². The number of nitrogens with zero attached hydrogens (tertiary/aromatic N) is 3. The molecule has 1 aromatic carbocycles. The Kier molecular flexibility index (Phi) is 4.32. The van der Waals surface area contributed by atoms with E-state index in [1.165, 1.54) is 5.56 Å². The van der Waals surface area contributed by atoms with Crippen LogP contribution < -0.4 is 0 Å². The molecule has 0 aliphatic carbocycles. The third-order valence-electron chi connectivity index (χ3n) is 2.72. The molecule has 2 rings (SSSR count). The fraction of sp³-hybridized carbons (Fsp3) is 0.333. The highest BCUT2D eigenvalue weighted by molar-refractivity contribution is 5.36. The molecule has 0 fully saturated rings. The van der Waals surface area contributed by atoms with Crippen molar-refractivity contribution in [3.8, 4) is 11.8 Å². The van der Waals surface area contributed by atoms with Crippen LogP contribution in [0, 0.1) is 25.7 Å². The van der Waals surface area contributed by atoms with Crippen molar-refractivity contribution in [2.75, 3.05) is 6.61 Å². The van der Waals surface area contributed by atoms with Crippen molar-refractivity contribution in [3.63, 3.8) is 0 Å². The molecule has 4 nitrogen and oxygen atoms in total. The zero-order chi connectivity index (χ0) is 13.7. The van der Waals surface area contributed by atoms with Gasteiger partial charge in [0.15, 0.2) is 0 Å². The number of aromatic nitrogens is 3. The van der Waals surface area contributed by atoms with Gasteiger partial charge in [-0.25, -0.2) is 9.67 Å². The van der Waals surface area contributed by atoms with Gasteiger partial charge in [0.05, 0.1) is 13.2 Å². The molecule has 4 heteroatoms. The maximum atomic E-state index is 8.66. The summed E-state index contributed by atoms with van der Waals surface area (Å²) in [4.78, 5) is 4.28. The Morgan fingerprint density at radius 2 is 1.95 bits per heavy atom. The van der Waals surface area contributed by atoms with Crippen LogP contribution in [0.25, 0.3) is 0 Å². The van der Waals surface area contributed by atoms with Crippen LogP contribution in [-0.4, -0.2) is 26.5 Å². The molecule has 1 aromatic heterocycles. The zero-order valence-corrected chi connectivity index (χ0v) is 11.2. The molecule has 0 aliphatic rings. The Morgan fingerprint density at radius 1 is 1.21 bits per heavy atom. The smallest absolute Gasteiger partial charge is 0.147 e. The topological polar surface area (TPSA) is 50.9 Å². The van der Waals surface area contributed by atoms with Gasteiger partial charge in [-0.05, 0) is 31.5 Å². The van der Waals surface area contributed by atoms with Crippen LogP contribution in [0.4, 0.5) is 0 Å². The first-order valence-corrected chi connectivity index (χ1v) is 6.26. The third-order valence-corrected chi connectivity index (χ3v) is 2.72. The zero-order valence-electron chi connectivity index (χ0n) is 11.2. The predicted octanol–water partition coefficient (Wildman–Crippen LogP) is 1.68. The van der Waals surface area contributed by atoms with Crippen molar-refractivity contribution in [1.29, 1.82) is 0 Å². The van der Waals surface area contributed by atoms with E-state index in [-0.39, 0.29) is 6.61 Å². The normalized spacial score (nSPS) is 10.1. The summed E-state index contributed by atoms with van der Waals surface area (Å²) in [5.41, 5.74) is 2.13. The number of aryl methyl sites for hydroxylation is 2. The molecule has 0 atom stereocenters. The van der Waals surface area contributed by atoms with Crippen molar-refractivity contribution >= 4 is 0 Å². The SMILES string of the molecule is Cc1nc(C)n(Cc2ccc(C#CCCO)cc2)n1. The first-order valence-electron chi connectivity index (χ1n) is 6.26. The lowest BCUT2D eigenvalue weighted by molar-refractivity contribution is 0.305. The average Bonchev–Trinajstić information content (AvgIpc) is 2.70. The molecule has 19 heavy (non-hydrogen) atoms. The molecule has 0 saturated heterocycles. The minimum Gasteiger partial charge on any atom is -0.395 e.